The lowest BCUT2D eigenvalue weighted by atomic mass is 10.2. The molecule has 2 N–H and O–H groups in total. The van der Waals surface area contributed by atoms with Crippen molar-refractivity contribution in [3.63, 3.8) is 0 Å². The Hall–Kier alpha value is -0.710. The molecular weight excluding hydrogens is 234 g/mol. The summed E-state index contributed by atoms with van der Waals surface area (Å²) in [5, 5.41) is 0. The summed E-state index contributed by atoms with van der Waals surface area (Å²) in [4.78, 5) is 1.95. The zero-order valence-electron chi connectivity index (χ0n) is 9.41. The summed E-state index contributed by atoms with van der Waals surface area (Å²) in [6, 6.07) is 3.73. The molecule has 0 aliphatic rings. The molecule has 1 rings (SSSR count). The highest BCUT2D eigenvalue weighted by atomic mass is 35.5. The summed E-state index contributed by atoms with van der Waals surface area (Å²) >= 11 is 0. The fourth-order valence-corrected chi connectivity index (χ4v) is 1.33. The summed E-state index contributed by atoms with van der Waals surface area (Å²) in [6.07, 6.45) is 0. The van der Waals surface area contributed by atoms with Crippen molar-refractivity contribution in [2.45, 2.75) is 19.5 Å². The summed E-state index contributed by atoms with van der Waals surface area (Å²) in [5.74, 6) is -1.09. The Kier molecular flexibility index (Phi) is 6.48. The molecule has 0 saturated heterocycles. The number of hydrogen-bond acceptors (Lipinski definition) is 2. The second kappa shape index (κ2) is 6.78. The lowest BCUT2D eigenvalue weighted by molar-refractivity contribution is 0.254. The predicted molar refractivity (Wildman–Crippen MR) is 63.6 cm³/mol. The summed E-state index contributed by atoms with van der Waals surface area (Å²) in [5.41, 5.74) is 6.12. The van der Waals surface area contributed by atoms with E-state index in [0.717, 1.165) is 6.07 Å². The van der Waals surface area contributed by atoms with E-state index in [4.69, 9.17) is 5.73 Å². The number of likely N-dealkylation sites (N-methyl/N-ethyl adjacent to an activating group) is 1. The maximum atomic E-state index is 12.9. The Balaban J connectivity index is 0.00000225. The fourth-order valence-electron chi connectivity index (χ4n) is 1.33. The van der Waals surface area contributed by atoms with Crippen LogP contribution in [0.5, 0.6) is 0 Å². The Morgan fingerprint density at radius 3 is 2.19 bits per heavy atom. The fraction of sp³-hybridized carbons (Fsp3) is 0.455. The van der Waals surface area contributed by atoms with Crippen LogP contribution in [-0.2, 0) is 6.54 Å². The minimum Gasteiger partial charge on any atom is -0.329 e. The highest BCUT2D eigenvalue weighted by Crippen LogP contribution is 2.10. The van der Waals surface area contributed by atoms with Gasteiger partial charge in [-0.2, -0.15) is 0 Å². The largest absolute Gasteiger partial charge is 0.329 e. The van der Waals surface area contributed by atoms with Gasteiger partial charge < -0.3 is 5.73 Å². The van der Waals surface area contributed by atoms with Gasteiger partial charge in [-0.1, -0.05) is 0 Å². The molecule has 1 aromatic carbocycles. The van der Waals surface area contributed by atoms with E-state index < -0.39 is 11.6 Å². The molecule has 1 aromatic rings. The first-order valence-electron chi connectivity index (χ1n) is 4.88. The molecule has 0 aliphatic carbocycles. The third-order valence-electron chi connectivity index (χ3n) is 2.45. The minimum atomic E-state index is -0.543. The van der Waals surface area contributed by atoms with Gasteiger partial charge in [-0.3, -0.25) is 4.90 Å². The normalized spacial score (nSPS) is 12.4. The zero-order valence-corrected chi connectivity index (χ0v) is 10.2. The van der Waals surface area contributed by atoms with E-state index in [1.807, 2.05) is 18.9 Å². The van der Waals surface area contributed by atoms with Crippen molar-refractivity contribution in [3.8, 4) is 0 Å². The monoisotopic (exact) mass is 250 g/mol. The van der Waals surface area contributed by atoms with Crippen molar-refractivity contribution in [3.05, 3.63) is 35.4 Å². The van der Waals surface area contributed by atoms with Gasteiger partial charge in [0.1, 0.15) is 11.6 Å². The molecule has 0 amide bonds. The standard InChI is InChI=1S/C11H16F2N2.ClH/c1-8(6-14)15(2)7-9-3-10(12)5-11(13)4-9;/h3-5,8H,6-7,14H2,1-2H3;1H. The van der Waals surface area contributed by atoms with E-state index in [1.54, 1.807) is 0 Å². The Bertz CT molecular complexity index is 314. The molecule has 16 heavy (non-hydrogen) atoms. The van der Waals surface area contributed by atoms with Crippen LogP contribution >= 0.6 is 12.4 Å². The summed E-state index contributed by atoms with van der Waals surface area (Å²) in [6.45, 7) is 2.98. The van der Waals surface area contributed by atoms with Crippen LogP contribution in [0.3, 0.4) is 0 Å². The molecule has 1 unspecified atom stereocenters. The third kappa shape index (κ3) is 4.43. The summed E-state index contributed by atoms with van der Waals surface area (Å²) in [7, 11) is 1.88. The van der Waals surface area contributed by atoms with Crippen molar-refractivity contribution in [1.82, 2.24) is 4.90 Å². The Morgan fingerprint density at radius 1 is 1.25 bits per heavy atom. The van der Waals surface area contributed by atoms with Crippen LogP contribution in [0.4, 0.5) is 8.78 Å². The average molecular weight is 251 g/mol. The smallest absolute Gasteiger partial charge is 0.126 e. The highest BCUT2D eigenvalue weighted by molar-refractivity contribution is 5.85. The molecule has 0 fully saturated rings. The van der Waals surface area contributed by atoms with Crippen LogP contribution in [0, 0.1) is 11.6 Å². The van der Waals surface area contributed by atoms with Crippen molar-refractivity contribution >= 4 is 12.4 Å². The molecule has 0 bridgehead atoms. The van der Waals surface area contributed by atoms with Crippen LogP contribution in [0.1, 0.15) is 12.5 Å². The first kappa shape index (κ1) is 15.3. The van der Waals surface area contributed by atoms with Gasteiger partial charge in [0.2, 0.25) is 0 Å². The van der Waals surface area contributed by atoms with E-state index in [-0.39, 0.29) is 18.4 Å². The van der Waals surface area contributed by atoms with Crippen LogP contribution in [0.25, 0.3) is 0 Å². The average Bonchev–Trinajstić information content (AvgIpc) is 2.14. The van der Waals surface area contributed by atoms with Gasteiger partial charge >= 0.3 is 0 Å². The molecule has 2 nitrogen and oxygen atoms in total. The van der Waals surface area contributed by atoms with E-state index in [2.05, 4.69) is 0 Å². The first-order valence-corrected chi connectivity index (χ1v) is 4.88. The second-order valence-electron chi connectivity index (χ2n) is 3.78. The lowest BCUT2D eigenvalue weighted by Gasteiger charge is -2.23. The maximum Gasteiger partial charge on any atom is 0.126 e. The van der Waals surface area contributed by atoms with Gasteiger partial charge in [0.25, 0.3) is 0 Å². The molecule has 0 aromatic heterocycles. The maximum absolute atomic E-state index is 12.9. The molecular formula is C11H17ClF2N2. The molecule has 0 spiro atoms. The third-order valence-corrected chi connectivity index (χ3v) is 2.45. The predicted octanol–water partition coefficient (Wildman–Crippen LogP) is 2.17. The van der Waals surface area contributed by atoms with Crippen LogP contribution in [0.15, 0.2) is 18.2 Å². The minimum absolute atomic E-state index is 0. The highest BCUT2D eigenvalue weighted by Gasteiger charge is 2.08. The number of hydrogen-bond donors (Lipinski definition) is 1. The molecule has 5 heteroatoms. The molecule has 0 aliphatic heterocycles. The van der Waals surface area contributed by atoms with Crippen molar-refractivity contribution in [2.75, 3.05) is 13.6 Å². The Labute approximate surface area is 101 Å². The Morgan fingerprint density at radius 2 is 1.75 bits per heavy atom. The molecule has 0 saturated carbocycles. The SMILES string of the molecule is CC(CN)N(C)Cc1cc(F)cc(F)c1.Cl. The van der Waals surface area contributed by atoms with Crippen molar-refractivity contribution in [2.24, 2.45) is 5.73 Å². The zero-order chi connectivity index (χ0) is 11.4. The van der Waals surface area contributed by atoms with Crippen molar-refractivity contribution < 1.29 is 8.78 Å². The number of rotatable bonds is 4. The molecule has 92 valence electrons. The second-order valence-corrected chi connectivity index (χ2v) is 3.78. The van der Waals surface area contributed by atoms with E-state index >= 15 is 0 Å². The van der Waals surface area contributed by atoms with Gasteiger partial charge in [-0.15, -0.1) is 12.4 Å². The van der Waals surface area contributed by atoms with Crippen LogP contribution < -0.4 is 5.73 Å². The summed E-state index contributed by atoms with van der Waals surface area (Å²) < 4.78 is 25.8. The van der Waals surface area contributed by atoms with E-state index in [0.29, 0.717) is 18.7 Å². The van der Waals surface area contributed by atoms with E-state index in [9.17, 15) is 8.78 Å². The number of halogens is 3. The number of nitrogens with zero attached hydrogens (tertiary/aromatic N) is 1. The van der Waals surface area contributed by atoms with Gasteiger partial charge in [0, 0.05) is 25.2 Å². The van der Waals surface area contributed by atoms with Gasteiger partial charge in [0.15, 0.2) is 0 Å². The molecule has 0 heterocycles. The number of benzene rings is 1. The van der Waals surface area contributed by atoms with Gasteiger partial charge in [0.05, 0.1) is 0 Å². The number of nitrogens with two attached hydrogens (primary N) is 1. The van der Waals surface area contributed by atoms with Gasteiger partial charge in [-0.25, -0.2) is 8.78 Å². The molecule has 0 radical (unpaired) electrons. The van der Waals surface area contributed by atoms with E-state index in [1.165, 1.54) is 12.1 Å². The first-order chi connectivity index (χ1) is 7.02. The van der Waals surface area contributed by atoms with Gasteiger partial charge in [-0.05, 0) is 31.7 Å². The quantitative estimate of drug-likeness (QED) is 0.888. The molecule has 1 atom stereocenters. The van der Waals surface area contributed by atoms with Crippen molar-refractivity contribution in [1.29, 1.82) is 0 Å². The van der Waals surface area contributed by atoms with Crippen LogP contribution in [0.2, 0.25) is 0 Å². The lowest BCUT2D eigenvalue weighted by Crippen LogP contribution is -2.34. The van der Waals surface area contributed by atoms with Crippen LogP contribution in [-0.4, -0.2) is 24.5 Å². The topological polar surface area (TPSA) is 29.3 Å².